The predicted molar refractivity (Wildman–Crippen MR) is 489 cm³/mol. The number of aromatic amines is 2. The first-order valence-electron chi connectivity index (χ1n) is 42.9. The number of Topliss-reactive ketones (excluding diaryl/α,β-unsaturated/α-hetero) is 1. The number of carbonyl (C=O) groups is 7. The Balaban J connectivity index is 0.507. The average Bonchev–Trinajstić information content (AvgIpc) is 1.65. The van der Waals surface area contributed by atoms with E-state index < -0.39 is 106 Å². The van der Waals surface area contributed by atoms with Gasteiger partial charge in [-0.05, 0) is 173 Å². The van der Waals surface area contributed by atoms with Crippen LogP contribution in [-0.4, -0.2) is 274 Å². The van der Waals surface area contributed by atoms with Crippen molar-refractivity contribution in [2.45, 2.75) is 129 Å². The lowest BCUT2D eigenvalue weighted by Crippen LogP contribution is -2.48. The molecule has 0 aliphatic heterocycles. The Morgan fingerprint density at radius 1 is 0.436 bits per heavy atom. The molecule has 0 spiro atoms. The van der Waals surface area contributed by atoms with Crippen molar-refractivity contribution in [1.82, 2.24) is 79.7 Å². The van der Waals surface area contributed by atoms with E-state index in [9.17, 15) is 77.4 Å². The lowest BCUT2D eigenvalue weighted by molar-refractivity contribution is -0.139. The first-order chi connectivity index (χ1) is 63.8. The molecular weight excluding hydrogens is 1810 g/mol. The van der Waals surface area contributed by atoms with Gasteiger partial charge in [-0.1, -0.05) is 48.5 Å². The van der Waals surface area contributed by atoms with E-state index in [1.54, 1.807) is 110 Å². The van der Waals surface area contributed by atoms with E-state index in [0.717, 1.165) is 11.9 Å². The fourth-order valence-corrected chi connectivity index (χ4v) is 17.6. The van der Waals surface area contributed by atoms with E-state index in [1.807, 2.05) is 4.72 Å². The van der Waals surface area contributed by atoms with Gasteiger partial charge in [-0.25, -0.2) is 62.7 Å². The summed E-state index contributed by atoms with van der Waals surface area (Å²) in [6.45, 7) is 10.7. The number of carbonyl (C=O) groups excluding carboxylic acids is 5. The minimum absolute atomic E-state index is 0.00155. The molecule has 0 aliphatic rings. The molecule has 46 heteroatoms. The second kappa shape index (κ2) is 51.3. The molecule has 42 nitrogen and oxygen atoms in total. The number of fused-ring (bicyclic) bond motifs is 2. The van der Waals surface area contributed by atoms with E-state index in [1.165, 1.54) is 91.1 Å². The van der Waals surface area contributed by atoms with Gasteiger partial charge in [-0.3, -0.25) is 33.3 Å². The quantitative estimate of drug-likeness (QED) is 0.0122. The molecule has 0 radical (unpaired) electrons. The minimum Gasteiger partial charge on any atom is -0.480 e. The third-order valence-corrected chi connectivity index (χ3v) is 25.8. The fourth-order valence-electron chi connectivity index (χ4n) is 13.1. The maximum Gasteiger partial charge on any atom is 0.408 e. The molecule has 0 aliphatic carbocycles. The summed E-state index contributed by atoms with van der Waals surface area (Å²) in [7, 11) is -16.7. The highest BCUT2D eigenvalue weighted by molar-refractivity contribution is 7.90. The number of rotatable bonds is 62. The van der Waals surface area contributed by atoms with Gasteiger partial charge < -0.3 is 85.2 Å². The van der Waals surface area contributed by atoms with Crippen molar-refractivity contribution in [3.63, 3.8) is 0 Å². The molecule has 3 atom stereocenters. The number of sulfonamides is 4. The third kappa shape index (κ3) is 33.6. The van der Waals surface area contributed by atoms with Crippen LogP contribution < -0.4 is 50.8 Å². The number of nitrogens with one attached hydrogen (secondary N) is 12. The lowest BCUT2D eigenvalue weighted by Gasteiger charge is -2.23. The molecule has 10 rings (SSSR count). The molecule has 4 aromatic heterocycles. The van der Waals surface area contributed by atoms with Gasteiger partial charge >= 0.3 is 18.0 Å². The predicted octanol–water partition coefficient (Wildman–Crippen LogP) is 5.77. The zero-order valence-corrected chi connectivity index (χ0v) is 76.9. The van der Waals surface area contributed by atoms with Crippen LogP contribution in [0, 0.1) is 0 Å². The topological polar surface area (TPSA) is 574 Å². The summed E-state index contributed by atoms with van der Waals surface area (Å²) in [5, 5.41) is 46.9. The number of hydrogen-bond donors (Lipinski definition) is 14. The third-order valence-electron chi connectivity index (χ3n) is 19.9. The Labute approximate surface area is 769 Å². The molecule has 0 fully saturated rings. The maximum absolute atomic E-state index is 13.5. The number of benzene rings is 6. The normalized spacial score (nSPS) is 12.7. The molecular formula is C87H112N18O24S4. The number of anilines is 2. The highest BCUT2D eigenvalue weighted by Gasteiger charge is 2.34. The number of hydrogen-bond acceptors (Lipinski definition) is 28. The van der Waals surface area contributed by atoms with Gasteiger partial charge in [0.1, 0.15) is 17.7 Å². The van der Waals surface area contributed by atoms with Gasteiger partial charge in [-0.15, -0.1) is 0 Å². The number of ether oxygens (including phenoxy) is 7. The standard InChI is InChI=1S/C87H112N18O24S4/c1-87(2,3)129-86(114)101-73(81(109)89-35-7-45-124-49-53-128-55-51-126-47-9-37-100-131(117,118)70-22-12-62(13-23-70)64-16-26-72(27-17-64)133(121,122)103-78(83(112)113)79(107)65-18-29-75-67(56-65)58-97-104(75)42-4-32-90-84-92-38-39-93-84)28-31-77(106)88-34-6-44-123-48-52-127-54-50-125-46-8-36-99-130(115,116)69-20-10-61(11-21-69)63-14-24-71(25-15-63)132(119,120)102-74(82(110)111)60-96-80(108)66-19-30-76-68(57-66)59-98-105(76)43-5-33-91-85-94-40-41-95-85/h10-27,29-30,38-41,56-59,73-74,78,99-100,102-103H,4-9,28,31-37,42-55,60H2,1-3H3,(H,88,106)(H,89,109)(H,96,108)(H,101,114)(H,110,111)(H,112,113)(H2,90,92,93)(H2,91,94,95). The summed E-state index contributed by atoms with van der Waals surface area (Å²) in [5.74, 6) is -4.36. The molecule has 4 amide bonds. The molecule has 718 valence electrons. The molecule has 133 heavy (non-hydrogen) atoms. The van der Waals surface area contributed by atoms with Crippen LogP contribution in [0.4, 0.5) is 16.7 Å². The summed E-state index contributed by atoms with van der Waals surface area (Å²) in [5.41, 5.74) is 3.04. The Morgan fingerprint density at radius 3 is 1.25 bits per heavy atom. The van der Waals surface area contributed by atoms with Crippen LogP contribution in [0.2, 0.25) is 0 Å². The van der Waals surface area contributed by atoms with Crippen molar-refractivity contribution in [2.24, 2.45) is 0 Å². The van der Waals surface area contributed by atoms with Crippen molar-refractivity contribution in [2.75, 3.05) is 136 Å². The number of aryl methyl sites for hydroxylation is 2. The number of aromatic nitrogens is 8. The Hall–Kier alpha value is -12.0. The Bertz CT molecular complexity index is 5910. The number of carboxylic acids is 2. The van der Waals surface area contributed by atoms with Gasteiger partial charge in [0, 0.05) is 138 Å². The van der Waals surface area contributed by atoms with Crippen molar-refractivity contribution in [3.05, 3.63) is 182 Å². The summed E-state index contributed by atoms with van der Waals surface area (Å²) in [4.78, 5) is 104. The number of carboxylic acid groups (broad SMARTS) is 2. The molecule has 14 N–H and O–H groups in total. The number of amides is 4. The zero-order chi connectivity index (χ0) is 95.2. The maximum atomic E-state index is 13.5. The minimum atomic E-state index is -4.54. The van der Waals surface area contributed by atoms with Crippen LogP contribution in [0.5, 0.6) is 0 Å². The first kappa shape index (κ1) is 103. The molecule has 4 heterocycles. The second-order valence-corrected chi connectivity index (χ2v) is 38.0. The van der Waals surface area contributed by atoms with Gasteiger partial charge in [-0.2, -0.15) is 19.6 Å². The van der Waals surface area contributed by atoms with Crippen molar-refractivity contribution < 1.29 is 111 Å². The number of ketones is 1. The molecule has 0 saturated carbocycles. The van der Waals surface area contributed by atoms with E-state index in [4.69, 9.17) is 33.2 Å². The summed E-state index contributed by atoms with van der Waals surface area (Å²) < 4.78 is 158. The SMILES string of the molecule is CC(C)(C)OC(=O)NC(CCC(=O)NCCCOCCOCCOCCCNS(=O)(=O)c1ccc(-c2ccc(S(=O)(=O)NC(CNC(=O)c3ccc4c(cnn4CCCNc4ncc[nH]4)c3)C(=O)O)cc2)cc1)C(=O)NCCCOCCOCCOCCCNS(=O)(=O)c1ccc(-c2ccc(S(=O)(=O)NC(C(=O)O)C(=O)c3ccc4c(cnn4CCCNc4ncc[nH]4)c3)cc2)cc1. The fraction of sp³-hybridized carbons (Fsp3) is 0.414. The monoisotopic (exact) mass is 1920 g/mol. The van der Waals surface area contributed by atoms with Crippen LogP contribution in [0.15, 0.2) is 190 Å². The largest absolute Gasteiger partial charge is 0.480 e. The number of imidazole rings is 2. The summed E-state index contributed by atoms with van der Waals surface area (Å²) in [6.07, 6.45) is 12.0. The van der Waals surface area contributed by atoms with Gasteiger partial charge in [0.25, 0.3) is 5.91 Å². The van der Waals surface area contributed by atoms with E-state index in [0.29, 0.717) is 115 Å². The summed E-state index contributed by atoms with van der Waals surface area (Å²) in [6, 6.07) is 27.3. The zero-order valence-electron chi connectivity index (χ0n) is 73.6. The summed E-state index contributed by atoms with van der Waals surface area (Å²) >= 11 is 0. The number of nitrogens with zero attached hydrogens (tertiary/aromatic N) is 6. The van der Waals surface area contributed by atoms with Gasteiger partial charge in [0.2, 0.25) is 51.9 Å². The number of H-pyrrole nitrogens is 2. The Morgan fingerprint density at radius 2 is 0.835 bits per heavy atom. The Kier molecular flexibility index (Phi) is 39.7. The van der Waals surface area contributed by atoms with Crippen LogP contribution in [0.1, 0.15) is 92.9 Å². The molecule has 0 saturated heterocycles. The molecule has 6 aromatic carbocycles. The molecule has 3 unspecified atom stereocenters. The van der Waals surface area contributed by atoms with Crippen LogP contribution in [-0.2, 0) is 106 Å². The number of alkyl carbamates (subject to hydrolysis) is 1. The highest BCUT2D eigenvalue weighted by atomic mass is 32.2. The van der Waals surface area contributed by atoms with Crippen molar-refractivity contribution in [3.8, 4) is 22.3 Å². The highest BCUT2D eigenvalue weighted by Crippen LogP contribution is 2.28. The van der Waals surface area contributed by atoms with E-state index in [2.05, 4.69) is 76.2 Å². The number of aliphatic carboxylic acids is 2. The second-order valence-electron chi connectivity index (χ2n) is 31.1. The lowest BCUT2D eigenvalue weighted by atomic mass is 10.0. The van der Waals surface area contributed by atoms with Gasteiger partial charge in [0.15, 0.2) is 23.7 Å². The van der Waals surface area contributed by atoms with Gasteiger partial charge in [0.05, 0.1) is 95.9 Å². The molecule has 10 aromatic rings. The van der Waals surface area contributed by atoms with Crippen LogP contribution >= 0.6 is 0 Å². The van der Waals surface area contributed by atoms with E-state index in [-0.39, 0.29) is 148 Å². The first-order valence-corrected chi connectivity index (χ1v) is 48.9. The van der Waals surface area contributed by atoms with Crippen molar-refractivity contribution in [1.29, 1.82) is 0 Å². The average molecular weight is 1920 g/mol. The van der Waals surface area contributed by atoms with Crippen LogP contribution in [0.25, 0.3) is 44.1 Å². The molecule has 0 bridgehead atoms. The van der Waals surface area contributed by atoms with E-state index >= 15 is 0 Å². The van der Waals surface area contributed by atoms with Crippen molar-refractivity contribution >= 4 is 115 Å². The van der Waals surface area contributed by atoms with Crippen LogP contribution in [0.3, 0.4) is 0 Å². The smallest absolute Gasteiger partial charge is 0.408 e.